The highest BCUT2D eigenvalue weighted by Gasteiger charge is 2.20. The fourth-order valence-electron chi connectivity index (χ4n) is 2.81. The molecule has 0 saturated carbocycles. The molecule has 0 spiro atoms. The molecule has 0 aliphatic heterocycles. The second kappa shape index (κ2) is 7.66. The standard InChI is InChI=1S/C21H15N3O3S/c25-18(26)13-28-21-22-20(23-24(21)17-8-2-1-3-9-17)19(27)16-11-10-14-6-4-5-7-15(14)12-16/h1-12H,13H2,(H,25,26). The Bertz CT molecular complexity index is 1170. The minimum Gasteiger partial charge on any atom is -0.481 e. The van der Waals surface area contributed by atoms with Crippen LogP contribution in [0.1, 0.15) is 16.2 Å². The lowest BCUT2D eigenvalue weighted by atomic mass is 10.0. The largest absolute Gasteiger partial charge is 0.481 e. The lowest BCUT2D eigenvalue weighted by Gasteiger charge is -2.03. The van der Waals surface area contributed by atoms with Crippen molar-refractivity contribution in [3.05, 3.63) is 84.2 Å². The highest BCUT2D eigenvalue weighted by atomic mass is 32.2. The van der Waals surface area contributed by atoms with Crippen molar-refractivity contribution in [1.82, 2.24) is 14.8 Å². The summed E-state index contributed by atoms with van der Waals surface area (Å²) in [6.45, 7) is 0. The van der Waals surface area contributed by atoms with E-state index in [0.717, 1.165) is 22.5 Å². The molecule has 1 aromatic heterocycles. The van der Waals surface area contributed by atoms with Gasteiger partial charge < -0.3 is 5.11 Å². The fourth-order valence-corrected chi connectivity index (χ4v) is 3.48. The molecular weight excluding hydrogens is 374 g/mol. The van der Waals surface area contributed by atoms with Gasteiger partial charge in [0.2, 0.25) is 11.6 Å². The van der Waals surface area contributed by atoms with Crippen molar-refractivity contribution in [3.63, 3.8) is 0 Å². The van der Waals surface area contributed by atoms with Gasteiger partial charge >= 0.3 is 5.97 Å². The van der Waals surface area contributed by atoms with Gasteiger partial charge in [0, 0.05) is 5.56 Å². The molecule has 0 aliphatic rings. The van der Waals surface area contributed by atoms with Crippen LogP contribution in [0.25, 0.3) is 16.5 Å². The summed E-state index contributed by atoms with van der Waals surface area (Å²) in [5, 5.41) is 15.7. The van der Waals surface area contributed by atoms with Crippen molar-refractivity contribution in [2.24, 2.45) is 0 Å². The minimum atomic E-state index is -0.963. The molecule has 4 rings (SSSR count). The Kier molecular flexibility index (Phi) is 4.90. The van der Waals surface area contributed by atoms with Crippen LogP contribution in [0.2, 0.25) is 0 Å². The third-order valence-electron chi connectivity index (χ3n) is 4.12. The van der Waals surface area contributed by atoms with Gasteiger partial charge in [-0.15, -0.1) is 5.10 Å². The fraction of sp³-hybridized carbons (Fsp3) is 0.0476. The van der Waals surface area contributed by atoms with E-state index in [9.17, 15) is 9.59 Å². The number of thioether (sulfide) groups is 1. The molecule has 0 radical (unpaired) electrons. The molecule has 0 amide bonds. The number of hydrogen-bond donors (Lipinski definition) is 1. The summed E-state index contributed by atoms with van der Waals surface area (Å²) >= 11 is 1.02. The number of para-hydroxylation sites is 1. The van der Waals surface area contributed by atoms with Crippen molar-refractivity contribution in [1.29, 1.82) is 0 Å². The van der Waals surface area contributed by atoms with E-state index in [-0.39, 0.29) is 17.4 Å². The number of aromatic nitrogens is 3. The van der Waals surface area contributed by atoms with Crippen LogP contribution >= 0.6 is 11.8 Å². The summed E-state index contributed by atoms with van der Waals surface area (Å²) in [4.78, 5) is 28.2. The molecule has 6 nitrogen and oxygen atoms in total. The Balaban J connectivity index is 1.73. The first-order valence-electron chi connectivity index (χ1n) is 8.52. The molecule has 0 saturated heterocycles. The molecule has 0 atom stereocenters. The van der Waals surface area contributed by atoms with Crippen molar-refractivity contribution >= 4 is 34.3 Å². The third kappa shape index (κ3) is 3.65. The van der Waals surface area contributed by atoms with E-state index in [1.54, 1.807) is 6.07 Å². The maximum atomic E-state index is 13.0. The Labute approximate surface area is 164 Å². The molecule has 0 unspecified atom stereocenters. The third-order valence-corrected chi connectivity index (χ3v) is 5.03. The Morgan fingerprint density at radius 3 is 2.39 bits per heavy atom. The van der Waals surface area contributed by atoms with Gasteiger partial charge in [0.15, 0.2) is 5.16 Å². The van der Waals surface area contributed by atoms with E-state index in [1.165, 1.54) is 4.68 Å². The van der Waals surface area contributed by atoms with Crippen molar-refractivity contribution < 1.29 is 14.7 Å². The summed E-state index contributed by atoms with van der Waals surface area (Å²) < 4.78 is 1.50. The van der Waals surface area contributed by atoms with Crippen LogP contribution < -0.4 is 0 Å². The summed E-state index contributed by atoms with van der Waals surface area (Å²) in [6.07, 6.45) is 0. The van der Waals surface area contributed by atoms with Crippen LogP contribution in [0.15, 0.2) is 78.0 Å². The number of aliphatic carboxylic acids is 1. The maximum absolute atomic E-state index is 13.0. The van der Waals surface area contributed by atoms with Crippen LogP contribution in [-0.4, -0.2) is 37.4 Å². The molecule has 138 valence electrons. The van der Waals surface area contributed by atoms with Crippen molar-refractivity contribution in [3.8, 4) is 5.69 Å². The van der Waals surface area contributed by atoms with E-state index >= 15 is 0 Å². The second-order valence-electron chi connectivity index (χ2n) is 6.04. The average Bonchev–Trinajstić information content (AvgIpc) is 3.16. The molecule has 3 aromatic carbocycles. The topological polar surface area (TPSA) is 85.1 Å². The molecule has 4 aromatic rings. The number of ketones is 1. The first kappa shape index (κ1) is 17.9. The summed E-state index contributed by atoms with van der Waals surface area (Å²) in [6, 6.07) is 22.4. The van der Waals surface area contributed by atoms with E-state index in [0.29, 0.717) is 16.4 Å². The number of carbonyl (C=O) groups excluding carboxylic acids is 1. The first-order valence-corrected chi connectivity index (χ1v) is 9.51. The summed E-state index contributed by atoms with van der Waals surface area (Å²) in [5.74, 6) is -1.41. The number of carbonyl (C=O) groups is 2. The van der Waals surface area contributed by atoms with Crippen LogP contribution in [-0.2, 0) is 4.79 Å². The lowest BCUT2D eigenvalue weighted by molar-refractivity contribution is -0.133. The quantitative estimate of drug-likeness (QED) is 0.398. The van der Waals surface area contributed by atoms with Crippen LogP contribution in [0, 0.1) is 0 Å². The maximum Gasteiger partial charge on any atom is 0.313 e. The molecule has 0 bridgehead atoms. The van der Waals surface area contributed by atoms with Gasteiger partial charge in [-0.2, -0.15) is 4.98 Å². The van der Waals surface area contributed by atoms with Gasteiger partial charge in [-0.05, 0) is 29.0 Å². The molecule has 28 heavy (non-hydrogen) atoms. The van der Waals surface area contributed by atoms with E-state index in [1.807, 2.05) is 66.7 Å². The SMILES string of the molecule is O=C(O)CSc1nc(C(=O)c2ccc3ccccc3c2)nn1-c1ccccc1. The number of carboxylic acid groups (broad SMARTS) is 1. The van der Waals surface area contributed by atoms with Gasteiger partial charge in [-0.25, -0.2) is 4.68 Å². The predicted octanol–water partition coefficient (Wildman–Crippen LogP) is 3.83. The average molecular weight is 389 g/mol. The Morgan fingerprint density at radius 1 is 0.929 bits per heavy atom. The van der Waals surface area contributed by atoms with E-state index in [2.05, 4.69) is 10.1 Å². The monoisotopic (exact) mass is 389 g/mol. The number of nitrogens with zero attached hydrogens (tertiary/aromatic N) is 3. The highest BCUT2D eigenvalue weighted by molar-refractivity contribution is 7.99. The Morgan fingerprint density at radius 2 is 1.64 bits per heavy atom. The smallest absolute Gasteiger partial charge is 0.313 e. The number of hydrogen-bond acceptors (Lipinski definition) is 5. The number of fused-ring (bicyclic) bond motifs is 1. The normalized spacial score (nSPS) is 10.9. The highest BCUT2D eigenvalue weighted by Crippen LogP contribution is 2.22. The zero-order valence-electron chi connectivity index (χ0n) is 14.6. The minimum absolute atomic E-state index is 0.0343. The van der Waals surface area contributed by atoms with E-state index < -0.39 is 5.97 Å². The lowest BCUT2D eigenvalue weighted by Crippen LogP contribution is -2.05. The first-order chi connectivity index (χ1) is 13.6. The van der Waals surface area contributed by atoms with Gasteiger partial charge in [0.05, 0.1) is 11.4 Å². The molecule has 7 heteroatoms. The van der Waals surface area contributed by atoms with Gasteiger partial charge in [0.1, 0.15) is 0 Å². The summed E-state index contributed by atoms with van der Waals surface area (Å²) in [7, 11) is 0. The van der Waals surface area contributed by atoms with Crippen LogP contribution in [0.4, 0.5) is 0 Å². The van der Waals surface area contributed by atoms with Gasteiger partial charge in [-0.1, -0.05) is 66.4 Å². The zero-order chi connectivity index (χ0) is 19.5. The van der Waals surface area contributed by atoms with Crippen LogP contribution in [0.3, 0.4) is 0 Å². The number of rotatable bonds is 6. The van der Waals surface area contributed by atoms with Crippen LogP contribution in [0.5, 0.6) is 0 Å². The molecule has 1 heterocycles. The Hall–Kier alpha value is -3.45. The molecule has 1 N–H and O–H groups in total. The zero-order valence-corrected chi connectivity index (χ0v) is 15.5. The van der Waals surface area contributed by atoms with Gasteiger partial charge in [-0.3, -0.25) is 9.59 Å². The molecule has 0 fully saturated rings. The summed E-state index contributed by atoms with van der Waals surface area (Å²) in [5.41, 5.74) is 1.19. The number of benzene rings is 3. The predicted molar refractivity (Wildman–Crippen MR) is 107 cm³/mol. The van der Waals surface area contributed by atoms with Crippen molar-refractivity contribution in [2.75, 3.05) is 5.75 Å². The second-order valence-corrected chi connectivity index (χ2v) is 6.98. The molecular formula is C21H15N3O3S. The number of carboxylic acids is 1. The van der Waals surface area contributed by atoms with Gasteiger partial charge in [0.25, 0.3) is 0 Å². The molecule has 0 aliphatic carbocycles. The van der Waals surface area contributed by atoms with Crippen molar-refractivity contribution in [2.45, 2.75) is 5.16 Å². The van der Waals surface area contributed by atoms with E-state index in [4.69, 9.17) is 5.11 Å².